The van der Waals surface area contributed by atoms with E-state index in [1.807, 2.05) is 42.1 Å². The van der Waals surface area contributed by atoms with Crippen LogP contribution in [-0.4, -0.2) is 40.7 Å². The van der Waals surface area contributed by atoms with Crippen molar-refractivity contribution in [2.24, 2.45) is 5.92 Å². The number of aryl methyl sites for hydroxylation is 1. The summed E-state index contributed by atoms with van der Waals surface area (Å²) in [5, 5.41) is 13.3. The summed E-state index contributed by atoms with van der Waals surface area (Å²) >= 11 is 0. The van der Waals surface area contributed by atoms with Crippen LogP contribution < -0.4 is 20.7 Å². The van der Waals surface area contributed by atoms with Gasteiger partial charge in [-0.2, -0.15) is 5.10 Å². The minimum atomic E-state index is -0.295. The van der Waals surface area contributed by atoms with Crippen molar-refractivity contribution < 1.29 is 14.3 Å². The van der Waals surface area contributed by atoms with E-state index >= 15 is 0 Å². The number of amides is 2. The molecule has 2 amide bonds. The van der Waals surface area contributed by atoms with Gasteiger partial charge in [-0.1, -0.05) is 6.07 Å². The van der Waals surface area contributed by atoms with Gasteiger partial charge in [-0.25, -0.2) is 4.98 Å². The van der Waals surface area contributed by atoms with Crippen LogP contribution in [0.5, 0.6) is 5.75 Å². The lowest BCUT2D eigenvalue weighted by Gasteiger charge is -2.17. The Balaban J connectivity index is 1.70. The summed E-state index contributed by atoms with van der Waals surface area (Å²) in [6, 6.07) is 9.26. The Morgan fingerprint density at radius 1 is 1.22 bits per heavy atom. The summed E-state index contributed by atoms with van der Waals surface area (Å²) in [7, 11) is 3.15. The number of nitrogens with one attached hydrogen (secondary N) is 3. The number of methoxy groups -OCH3 is 1. The van der Waals surface area contributed by atoms with Gasteiger partial charge in [0, 0.05) is 43.5 Å². The fourth-order valence-corrected chi connectivity index (χ4v) is 3.40. The average molecular weight is 435 g/mol. The fourth-order valence-electron chi connectivity index (χ4n) is 3.40. The van der Waals surface area contributed by atoms with E-state index in [9.17, 15) is 9.59 Å². The van der Waals surface area contributed by atoms with Crippen LogP contribution in [0.1, 0.15) is 30.1 Å². The number of rotatable bonds is 8. The van der Waals surface area contributed by atoms with E-state index in [4.69, 9.17) is 4.74 Å². The number of nitrogens with zero attached hydrogens (tertiary/aromatic N) is 3. The van der Waals surface area contributed by atoms with Crippen LogP contribution in [0.3, 0.4) is 0 Å². The first kappa shape index (κ1) is 21.4. The van der Waals surface area contributed by atoms with Crippen molar-refractivity contribution in [3.8, 4) is 17.0 Å². The third-order valence-corrected chi connectivity index (χ3v) is 5.30. The van der Waals surface area contributed by atoms with Crippen molar-refractivity contribution in [2.45, 2.75) is 26.3 Å². The summed E-state index contributed by atoms with van der Waals surface area (Å²) in [6.07, 6.45) is 5.15. The molecule has 4 rings (SSSR count). The molecule has 0 radical (unpaired) electrons. The summed E-state index contributed by atoms with van der Waals surface area (Å²) < 4.78 is 7.55. The Kier molecular flexibility index (Phi) is 6.07. The number of hydrogen-bond donors (Lipinski definition) is 3. The molecule has 1 aromatic carbocycles. The van der Waals surface area contributed by atoms with Gasteiger partial charge in [0.1, 0.15) is 5.82 Å². The molecular formula is C23H26N6O3. The van der Waals surface area contributed by atoms with E-state index in [0.717, 1.165) is 30.6 Å². The number of pyridine rings is 1. The van der Waals surface area contributed by atoms with Crippen molar-refractivity contribution in [2.75, 3.05) is 24.8 Å². The van der Waals surface area contributed by atoms with Crippen LogP contribution in [0.4, 0.5) is 17.2 Å². The molecule has 9 heteroatoms. The zero-order valence-electron chi connectivity index (χ0n) is 18.3. The van der Waals surface area contributed by atoms with Gasteiger partial charge in [0.15, 0.2) is 5.75 Å². The topological polar surface area (TPSA) is 110 Å². The molecular weight excluding hydrogens is 408 g/mol. The Labute approximate surface area is 186 Å². The lowest BCUT2D eigenvalue weighted by Crippen LogP contribution is -2.20. The number of para-hydroxylation sites is 1. The van der Waals surface area contributed by atoms with Gasteiger partial charge in [0.25, 0.3) is 5.91 Å². The van der Waals surface area contributed by atoms with Crippen LogP contribution in [0.25, 0.3) is 11.3 Å². The molecule has 0 spiro atoms. The molecule has 0 atom stereocenters. The van der Waals surface area contributed by atoms with Crippen LogP contribution >= 0.6 is 0 Å². The van der Waals surface area contributed by atoms with Crippen LogP contribution in [0.2, 0.25) is 0 Å². The van der Waals surface area contributed by atoms with Gasteiger partial charge in [-0.05, 0) is 38.0 Å². The molecule has 2 aromatic heterocycles. The summed E-state index contributed by atoms with van der Waals surface area (Å²) in [6.45, 7) is 2.79. The molecule has 1 saturated carbocycles. The number of hydrogen-bond acceptors (Lipinski definition) is 6. The molecule has 3 aromatic rings. The van der Waals surface area contributed by atoms with Crippen molar-refractivity contribution >= 4 is 29.0 Å². The molecule has 0 bridgehead atoms. The smallest absolute Gasteiger partial charge is 0.254 e. The van der Waals surface area contributed by atoms with E-state index in [1.54, 1.807) is 20.2 Å². The lowest BCUT2D eigenvalue weighted by atomic mass is 10.1. The predicted molar refractivity (Wildman–Crippen MR) is 122 cm³/mol. The number of carbonyl (C=O) groups excluding carboxylic acids is 2. The predicted octanol–water partition coefficient (Wildman–Crippen LogP) is 3.43. The number of anilines is 3. The molecule has 1 fully saturated rings. The maximum absolute atomic E-state index is 12.4. The highest BCUT2D eigenvalue weighted by atomic mass is 16.5. The zero-order chi connectivity index (χ0) is 22.7. The van der Waals surface area contributed by atoms with Gasteiger partial charge < -0.3 is 20.7 Å². The molecule has 0 aliphatic heterocycles. The minimum Gasteiger partial charge on any atom is -0.494 e. The molecule has 32 heavy (non-hydrogen) atoms. The molecule has 1 aliphatic rings. The van der Waals surface area contributed by atoms with Gasteiger partial charge in [0.2, 0.25) is 5.91 Å². The van der Waals surface area contributed by atoms with Gasteiger partial charge in [-0.3, -0.25) is 14.3 Å². The van der Waals surface area contributed by atoms with E-state index in [-0.39, 0.29) is 17.7 Å². The Hall–Kier alpha value is -3.88. The molecule has 166 valence electrons. The number of carbonyl (C=O) groups is 2. The minimum absolute atomic E-state index is 0.0477. The summed E-state index contributed by atoms with van der Waals surface area (Å²) in [5.41, 5.74) is 3.11. The van der Waals surface area contributed by atoms with E-state index in [2.05, 4.69) is 26.0 Å². The molecule has 1 aliphatic carbocycles. The summed E-state index contributed by atoms with van der Waals surface area (Å²) in [4.78, 5) is 28.8. The normalized spacial score (nSPS) is 12.8. The van der Waals surface area contributed by atoms with Crippen molar-refractivity contribution in [1.29, 1.82) is 0 Å². The van der Waals surface area contributed by atoms with E-state index < -0.39 is 0 Å². The average Bonchev–Trinajstić information content (AvgIpc) is 3.56. The van der Waals surface area contributed by atoms with E-state index in [1.165, 1.54) is 6.20 Å². The lowest BCUT2D eigenvalue weighted by molar-refractivity contribution is -0.117. The number of aromatic nitrogens is 3. The van der Waals surface area contributed by atoms with Crippen LogP contribution in [0, 0.1) is 5.92 Å². The van der Waals surface area contributed by atoms with Gasteiger partial charge in [-0.15, -0.1) is 0 Å². The maximum atomic E-state index is 12.4. The fraction of sp³-hybridized carbons (Fsp3) is 0.304. The van der Waals surface area contributed by atoms with Crippen LogP contribution in [-0.2, 0) is 11.3 Å². The van der Waals surface area contributed by atoms with Crippen molar-refractivity contribution in [1.82, 2.24) is 20.1 Å². The molecule has 0 unspecified atom stereocenters. The quantitative estimate of drug-likeness (QED) is 0.501. The SMILES string of the molecule is CCn1ccc(-c2cccc(Nc3cc(NC(=O)C4CC4)ncc3C(=O)NC)c2OC)n1. The second-order valence-electron chi connectivity index (χ2n) is 7.53. The molecule has 9 nitrogen and oxygen atoms in total. The first-order valence-electron chi connectivity index (χ1n) is 10.5. The summed E-state index contributed by atoms with van der Waals surface area (Å²) in [5.74, 6) is 0.677. The highest BCUT2D eigenvalue weighted by Gasteiger charge is 2.30. The molecule has 2 heterocycles. The third kappa shape index (κ3) is 4.41. The zero-order valence-corrected chi connectivity index (χ0v) is 18.3. The second-order valence-corrected chi connectivity index (χ2v) is 7.53. The highest BCUT2D eigenvalue weighted by molar-refractivity contribution is 6.01. The monoisotopic (exact) mass is 434 g/mol. The largest absolute Gasteiger partial charge is 0.494 e. The Morgan fingerprint density at radius 3 is 2.69 bits per heavy atom. The highest BCUT2D eigenvalue weighted by Crippen LogP contribution is 2.38. The van der Waals surface area contributed by atoms with Crippen molar-refractivity contribution in [3.05, 3.63) is 48.3 Å². The molecule has 0 saturated heterocycles. The second kappa shape index (κ2) is 9.09. The first-order chi connectivity index (χ1) is 15.5. The third-order valence-electron chi connectivity index (χ3n) is 5.30. The van der Waals surface area contributed by atoms with Crippen molar-refractivity contribution in [3.63, 3.8) is 0 Å². The molecule has 3 N–H and O–H groups in total. The number of ether oxygens (including phenoxy) is 1. The Morgan fingerprint density at radius 2 is 2.03 bits per heavy atom. The Bertz CT molecular complexity index is 1150. The standard InChI is InChI=1S/C23H26N6O3/c1-4-29-11-10-17(28-29)15-6-5-7-18(21(15)32-3)26-19-12-20(27-22(30)14-8-9-14)25-13-16(19)23(31)24-2/h5-7,10-14H,4,8-9H2,1-3H3,(H,24,31)(H2,25,26,27,30). The van der Waals surface area contributed by atoms with Gasteiger partial charge >= 0.3 is 0 Å². The number of benzene rings is 1. The van der Waals surface area contributed by atoms with E-state index in [0.29, 0.717) is 28.5 Å². The first-order valence-corrected chi connectivity index (χ1v) is 10.5. The van der Waals surface area contributed by atoms with Crippen LogP contribution in [0.15, 0.2) is 42.7 Å². The maximum Gasteiger partial charge on any atom is 0.254 e. The van der Waals surface area contributed by atoms with Gasteiger partial charge in [0.05, 0.1) is 29.7 Å².